The molecule has 5 rings (SSSR count). The zero-order valence-corrected chi connectivity index (χ0v) is 14.9. The Balaban J connectivity index is 1.44. The zero-order chi connectivity index (χ0) is 18.2. The van der Waals surface area contributed by atoms with E-state index in [0.717, 1.165) is 48.2 Å². The zero-order valence-electron chi connectivity index (χ0n) is 14.9. The Bertz CT molecular complexity index is 1020. The number of carbonyl (C=O) groups is 1. The summed E-state index contributed by atoms with van der Waals surface area (Å²) in [5.74, 6) is 1.95. The van der Waals surface area contributed by atoms with Crippen LogP contribution < -0.4 is 19.5 Å². The molecule has 1 N–H and O–H groups in total. The molecule has 0 unspecified atom stereocenters. The molecule has 27 heavy (non-hydrogen) atoms. The number of aromatic nitrogens is 1. The van der Waals surface area contributed by atoms with Gasteiger partial charge in [0.05, 0.1) is 5.56 Å². The largest absolute Gasteiger partial charge is 0.485 e. The Kier molecular flexibility index (Phi) is 3.98. The molecule has 0 spiro atoms. The number of hydrogen-bond donors (Lipinski definition) is 1. The van der Waals surface area contributed by atoms with Gasteiger partial charge in [-0.25, -0.2) is 0 Å². The molecule has 2 aliphatic heterocycles. The molecule has 0 amide bonds. The van der Waals surface area contributed by atoms with E-state index < -0.39 is 0 Å². The number of rotatable bonds is 4. The Morgan fingerprint density at radius 1 is 1.11 bits per heavy atom. The summed E-state index contributed by atoms with van der Waals surface area (Å²) in [5, 5.41) is 4.41. The van der Waals surface area contributed by atoms with Crippen LogP contribution in [0.15, 0.2) is 42.5 Å². The Hall–Kier alpha value is -2.99. The van der Waals surface area contributed by atoms with Gasteiger partial charge in [0.25, 0.3) is 0 Å². The van der Waals surface area contributed by atoms with Crippen LogP contribution in [0.3, 0.4) is 0 Å². The lowest BCUT2D eigenvalue weighted by Crippen LogP contribution is -2.17. The maximum Gasteiger partial charge on any atom is 0.231 e. The van der Waals surface area contributed by atoms with Crippen molar-refractivity contribution in [3.63, 3.8) is 0 Å². The second-order valence-corrected chi connectivity index (χ2v) is 6.72. The van der Waals surface area contributed by atoms with Gasteiger partial charge in [-0.05, 0) is 18.2 Å². The minimum atomic E-state index is -0.00587. The van der Waals surface area contributed by atoms with Crippen LogP contribution in [0.25, 0.3) is 10.9 Å². The first-order valence-corrected chi connectivity index (χ1v) is 9.18. The number of carbonyl (C=O) groups excluding carboxylic acids is 1. The van der Waals surface area contributed by atoms with E-state index >= 15 is 0 Å². The lowest BCUT2D eigenvalue weighted by atomic mass is 10.1. The molecule has 0 bridgehead atoms. The average Bonchev–Trinajstić information content (AvgIpc) is 3.20. The number of Topliss-reactive ketones (excluding diaryl/α,β-unsaturated/α-hetero) is 1. The van der Waals surface area contributed by atoms with E-state index in [1.807, 2.05) is 18.2 Å². The molecular formula is C21H20N2O4. The van der Waals surface area contributed by atoms with Crippen molar-refractivity contribution < 1.29 is 19.0 Å². The smallest absolute Gasteiger partial charge is 0.231 e. The Labute approximate surface area is 156 Å². The molecule has 1 aromatic heterocycles. The van der Waals surface area contributed by atoms with Crippen molar-refractivity contribution in [2.24, 2.45) is 0 Å². The summed E-state index contributed by atoms with van der Waals surface area (Å²) in [6, 6.07) is 13.5. The number of para-hydroxylation sites is 1. The quantitative estimate of drug-likeness (QED) is 0.722. The van der Waals surface area contributed by atoms with Crippen molar-refractivity contribution in [1.82, 2.24) is 9.88 Å². The molecule has 6 heteroatoms. The number of fused-ring (bicyclic) bond motifs is 4. The third kappa shape index (κ3) is 2.82. The summed E-state index contributed by atoms with van der Waals surface area (Å²) in [7, 11) is 0. The van der Waals surface area contributed by atoms with Crippen molar-refractivity contribution in [2.45, 2.75) is 13.0 Å². The van der Waals surface area contributed by atoms with Crippen LogP contribution in [0.5, 0.6) is 17.2 Å². The van der Waals surface area contributed by atoms with E-state index in [4.69, 9.17) is 14.2 Å². The molecule has 6 nitrogen and oxygen atoms in total. The molecule has 2 aromatic carbocycles. The normalized spacial score (nSPS) is 15.4. The van der Waals surface area contributed by atoms with Gasteiger partial charge in [-0.1, -0.05) is 18.2 Å². The maximum absolute atomic E-state index is 13.1. The summed E-state index contributed by atoms with van der Waals surface area (Å²) in [6.45, 7) is 2.86. The van der Waals surface area contributed by atoms with Gasteiger partial charge in [0.15, 0.2) is 18.1 Å². The summed E-state index contributed by atoms with van der Waals surface area (Å²) in [6.07, 6.45) is 0.833. The minimum absolute atomic E-state index is 0.000447. The minimum Gasteiger partial charge on any atom is -0.485 e. The molecule has 0 saturated heterocycles. The highest BCUT2D eigenvalue weighted by atomic mass is 16.7. The van der Waals surface area contributed by atoms with Crippen LogP contribution in [0.4, 0.5) is 0 Å². The maximum atomic E-state index is 13.1. The molecule has 2 aliphatic rings. The Morgan fingerprint density at radius 2 is 2.00 bits per heavy atom. The average molecular weight is 364 g/mol. The fraction of sp³-hybridized carbons (Fsp3) is 0.286. The van der Waals surface area contributed by atoms with Crippen molar-refractivity contribution in [3.05, 3.63) is 53.7 Å². The molecular weight excluding hydrogens is 344 g/mol. The molecule has 3 aromatic rings. The lowest BCUT2D eigenvalue weighted by Gasteiger charge is -2.09. The van der Waals surface area contributed by atoms with Gasteiger partial charge in [-0.2, -0.15) is 0 Å². The number of hydrogen-bond acceptors (Lipinski definition) is 5. The highest BCUT2D eigenvalue weighted by Gasteiger charge is 2.23. The second-order valence-electron chi connectivity index (χ2n) is 6.72. The molecule has 0 aliphatic carbocycles. The van der Waals surface area contributed by atoms with Crippen molar-refractivity contribution >= 4 is 16.7 Å². The van der Waals surface area contributed by atoms with Crippen LogP contribution in [0, 0.1) is 0 Å². The van der Waals surface area contributed by atoms with Gasteiger partial charge in [-0.15, -0.1) is 0 Å². The first kappa shape index (κ1) is 16.2. The van der Waals surface area contributed by atoms with Crippen LogP contribution in [-0.4, -0.2) is 36.8 Å². The van der Waals surface area contributed by atoms with Gasteiger partial charge in [0.2, 0.25) is 12.6 Å². The number of ether oxygens (including phenoxy) is 3. The van der Waals surface area contributed by atoms with Crippen molar-refractivity contribution in [1.29, 1.82) is 0 Å². The monoisotopic (exact) mass is 364 g/mol. The van der Waals surface area contributed by atoms with Crippen molar-refractivity contribution in [3.8, 4) is 17.2 Å². The van der Waals surface area contributed by atoms with Crippen LogP contribution in [-0.2, 0) is 13.0 Å². The number of nitrogens with one attached hydrogen (secondary N) is 1. The fourth-order valence-electron chi connectivity index (χ4n) is 3.89. The summed E-state index contributed by atoms with van der Waals surface area (Å²) < 4.78 is 18.7. The Morgan fingerprint density at radius 3 is 2.96 bits per heavy atom. The van der Waals surface area contributed by atoms with E-state index in [9.17, 15) is 4.79 Å². The van der Waals surface area contributed by atoms with Crippen LogP contribution in [0.1, 0.15) is 16.1 Å². The van der Waals surface area contributed by atoms with E-state index in [0.29, 0.717) is 17.2 Å². The number of ketones is 1. The second kappa shape index (κ2) is 6.63. The van der Waals surface area contributed by atoms with Gasteiger partial charge in [0, 0.05) is 48.7 Å². The van der Waals surface area contributed by atoms with E-state index in [2.05, 4.69) is 16.0 Å². The molecule has 3 heterocycles. The summed E-state index contributed by atoms with van der Waals surface area (Å²) in [5.41, 5.74) is 3.00. The third-order valence-electron chi connectivity index (χ3n) is 5.12. The standard InChI is InChI=1S/C21H20N2O4/c24-18(12-25-14-5-6-19-20(11-14)27-13-26-19)21-15-3-1-2-4-16(15)23-10-9-22-8-7-17(21)23/h1-6,11,22H,7-10,12-13H2. The SMILES string of the molecule is O=C(COc1ccc2c(c1)OCO2)c1c2n(c3ccccc13)CCNCC2. The number of nitrogens with zero attached hydrogens (tertiary/aromatic N) is 1. The van der Waals surface area contributed by atoms with Gasteiger partial charge >= 0.3 is 0 Å². The van der Waals surface area contributed by atoms with Crippen LogP contribution >= 0.6 is 0 Å². The van der Waals surface area contributed by atoms with E-state index in [1.54, 1.807) is 18.2 Å². The highest BCUT2D eigenvalue weighted by molar-refractivity contribution is 6.10. The molecule has 138 valence electrons. The summed E-state index contributed by atoms with van der Waals surface area (Å²) >= 11 is 0. The molecule has 0 atom stereocenters. The molecule has 0 radical (unpaired) electrons. The lowest BCUT2D eigenvalue weighted by molar-refractivity contribution is 0.0921. The fourth-order valence-corrected chi connectivity index (χ4v) is 3.89. The predicted molar refractivity (Wildman–Crippen MR) is 101 cm³/mol. The van der Waals surface area contributed by atoms with E-state index in [-0.39, 0.29) is 19.2 Å². The molecule has 0 saturated carbocycles. The molecule has 0 fully saturated rings. The predicted octanol–water partition coefficient (Wildman–Crippen LogP) is 2.78. The first-order valence-electron chi connectivity index (χ1n) is 9.18. The van der Waals surface area contributed by atoms with Crippen LogP contribution in [0.2, 0.25) is 0 Å². The number of benzene rings is 2. The highest BCUT2D eigenvalue weighted by Crippen LogP contribution is 2.35. The van der Waals surface area contributed by atoms with E-state index in [1.165, 1.54) is 0 Å². The van der Waals surface area contributed by atoms with Crippen molar-refractivity contribution in [2.75, 3.05) is 26.5 Å². The van der Waals surface area contributed by atoms with Gasteiger partial charge < -0.3 is 24.1 Å². The summed E-state index contributed by atoms with van der Waals surface area (Å²) in [4.78, 5) is 13.1. The third-order valence-corrected chi connectivity index (χ3v) is 5.12. The first-order chi connectivity index (χ1) is 13.3. The van der Waals surface area contributed by atoms with Gasteiger partial charge in [-0.3, -0.25) is 4.79 Å². The topological polar surface area (TPSA) is 61.7 Å². The van der Waals surface area contributed by atoms with Gasteiger partial charge in [0.1, 0.15) is 5.75 Å².